The molecule has 1 aliphatic rings. The van der Waals surface area contributed by atoms with Crippen LogP contribution in [0, 0.1) is 5.92 Å². The zero-order valence-corrected chi connectivity index (χ0v) is 11.1. The van der Waals surface area contributed by atoms with Gasteiger partial charge in [0, 0.05) is 11.7 Å². The molecule has 0 spiro atoms. The van der Waals surface area contributed by atoms with E-state index in [-0.39, 0.29) is 6.10 Å². The molecule has 0 bridgehead atoms. The molecule has 2 rings (SSSR count). The van der Waals surface area contributed by atoms with Crippen LogP contribution in [-0.2, 0) is 0 Å². The highest BCUT2D eigenvalue weighted by Crippen LogP contribution is 2.35. The minimum atomic E-state index is 0.240. The quantitative estimate of drug-likeness (QED) is 0.799. The van der Waals surface area contributed by atoms with Crippen molar-refractivity contribution < 1.29 is 4.74 Å². The molecule has 1 aliphatic carbocycles. The van der Waals surface area contributed by atoms with Gasteiger partial charge < -0.3 is 10.1 Å². The first-order chi connectivity index (χ1) is 8.19. The highest BCUT2D eigenvalue weighted by molar-refractivity contribution is 5.47. The van der Waals surface area contributed by atoms with E-state index in [0.717, 1.165) is 11.7 Å². The summed E-state index contributed by atoms with van der Waals surface area (Å²) in [6.45, 7) is 6.35. The summed E-state index contributed by atoms with van der Waals surface area (Å²) in [5.41, 5.74) is 1.21. The molecule has 0 heterocycles. The first kappa shape index (κ1) is 12.3. The minimum absolute atomic E-state index is 0.240. The molecular weight excluding hydrogens is 210 g/mol. The fourth-order valence-corrected chi connectivity index (χ4v) is 2.17. The van der Waals surface area contributed by atoms with Crippen molar-refractivity contribution in [3.05, 3.63) is 24.3 Å². The largest absolute Gasteiger partial charge is 0.491 e. The Kier molecular flexibility index (Phi) is 3.93. The monoisotopic (exact) mass is 233 g/mol. The number of anilines is 1. The number of hydrogen-bond acceptors (Lipinski definition) is 2. The second kappa shape index (κ2) is 5.44. The Labute approximate surface area is 104 Å². The maximum atomic E-state index is 5.63. The number of benzene rings is 1. The third kappa shape index (κ3) is 3.65. The van der Waals surface area contributed by atoms with Crippen molar-refractivity contribution in [2.75, 3.05) is 5.32 Å². The fraction of sp³-hybridized carbons (Fsp3) is 0.600. The lowest BCUT2D eigenvalue weighted by Gasteiger charge is -2.18. The standard InChI is InChI=1S/C15H23NO/c1-4-15(12-5-6-12)16-13-7-9-14(10-8-13)17-11(2)3/h7-12,15-16H,4-6H2,1-3H3. The van der Waals surface area contributed by atoms with Crippen LogP contribution < -0.4 is 10.1 Å². The molecule has 1 N–H and O–H groups in total. The smallest absolute Gasteiger partial charge is 0.119 e. The van der Waals surface area contributed by atoms with Crippen molar-refractivity contribution in [1.29, 1.82) is 0 Å². The van der Waals surface area contributed by atoms with Crippen molar-refractivity contribution >= 4 is 5.69 Å². The minimum Gasteiger partial charge on any atom is -0.491 e. The van der Waals surface area contributed by atoms with Gasteiger partial charge in [0.05, 0.1) is 6.10 Å². The summed E-state index contributed by atoms with van der Waals surface area (Å²) in [7, 11) is 0. The SMILES string of the molecule is CCC(Nc1ccc(OC(C)C)cc1)C1CC1. The van der Waals surface area contributed by atoms with Crippen molar-refractivity contribution in [2.45, 2.75) is 52.2 Å². The van der Waals surface area contributed by atoms with Crippen LogP contribution in [0.5, 0.6) is 5.75 Å². The zero-order chi connectivity index (χ0) is 12.3. The Balaban J connectivity index is 1.92. The molecule has 17 heavy (non-hydrogen) atoms. The van der Waals surface area contributed by atoms with Crippen molar-refractivity contribution in [3.63, 3.8) is 0 Å². The van der Waals surface area contributed by atoms with E-state index in [1.165, 1.54) is 24.9 Å². The molecule has 1 saturated carbocycles. The van der Waals surface area contributed by atoms with Crippen LogP contribution in [0.2, 0.25) is 0 Å². The van der Waals surface area contributed by atoms with Gasteiger partial charge >= 0.3 is 0 Å². The average molecular weight is 233 g/mol. The Morgan fingerprint density at radius 1 is 1.24 bits per heavy atom. The molecule has 2 nitrogen and oxygen atoms in total. The second-order valence-electron chi connectivity index (χ2n) is 5.19. The zero-order valence-electron chi connectivity index (χ0n) is 11.1. The maximum Gasteiger partial charge on any atom is 0.119 e. The van der Waals surface area contributed by atoms with Crippen LogP contribution in [0.25, 0.3) is 0 Å². The van der Waals surface area contributed by atoms with Crippen LogP contribution in [0.15, 0.2) is 24.3 Å². The van der Waals surface area contributed by atoms with Gasteiger partial charge in [-0.2, -0.15) is 0 Å². The Bertz CT molecular complexity index is 340. The highest BCUT2D eigenvalue weighted by atomic mass is 16.5. The summed E-state index contributed by atoms with van der Waals surface area (Å²) in [6.07, 6.45) is 4.22. The molecule has 0 radical (unpaired) electrons. The predicted octanol–water partition coefficient (Wildman–Crippen LogP) is 4.07. The summed E-state index contributed by atoms with van der Waals surface area (Å²) in [6, 6.07) is 8.96. The second-order valence-corrected chi connectivity index (χ2v) is 5.19. The molecule has 1 aromatic rings. The van der Waals surface area contributed by atoms with Crippen LogP contribution in [0.1, 0.15) is 40.0 Å². The maximum absolute atomic E-state index is 5.63. The summed E-state index contributed by atoms with van der Waals surface area (Å²) in [4.78, 5) is 0. The van der Waals surface area contributed by atoms with E-state index in [1.54, 1.807) is 0 Å². The molecule has 1 aromatic carbocycles. The van der Waals surface area contributed by atoms with Crippen molar-refractivity contribution in [1.82, 2.24) is 0 Å². The van der Waals surface area contributed by atoms with E-state index in [0.29, 0.717) is 6.04 Å². The van der Waals surface area contributed by atoms with E-state index in [4.69, 9.17) is 4.74 Å². The molecule has 1 unspecified atom stereocenters. The third-order valence-electron chi connectivity index (χ3n) is 3.21. The van der Waals surface area contributed by atoms with Gasteiger partial charge in [0.2, 0.25) is 0 Å². The average Bonchev–Trinajstić information content (AvgIpc) is 3.11. The Hall–Kier alpha value is -1.18. The molecule has 0 aliphatic heterocycles. The first-order valence-corrected chi connectivity index (χ1v) is 6.72. The van der Waals surface area contributed by atoms with Gasteiger partial charge in [-0.25, -0.2) is 0 Å². The molecule has 0 amide bonds. The molecule has 1 fully saturated rings. The molecular formula is C15H23NO. The van der Waals surface area contributed by atoms with E-state index in [9.17, 15) is 0 Å². The number of nitrogens with one attached hydrogen (secondary N) is 1. The number of ether oxygens (including phenoxy) is 1. The van der Waals surface area contributed by atoms with E-state index < -0.39 is 0 Å². The summed E-state index contributed by atoms with van der Waals surface area (Å²) in [5, 5.41) is 3.62. The van der Waals surface area contributed by atoms with E-state index in [2.05, 4.69) is 24.4 Å². The first-order valence-electron chi connectivity index (χ1n) is 6.72. The summed E-state index contributed by atoms with van der Waals surface area (Å²) < 4.78 is 5.63. The van der Waals surface area contributed by atoms with Gasteiger partial charge in [-0.05, 0) is 63.3 Å². The van der Waals surface area contributed by atoms with E-state index in [1.807, 2.05) is 26.0 Å². The van der Waals surface area contributed by atoms with Gasteiger partial charge in [0.15, 0.2) is 0 Å². The van der Waals surface area contributed by atoms with Crippen molar-refractivity contribution in [2.24, 2.45) is 5.92 Å². The number of rotatable bonds is 6. The van der Waals surface area contributed by atoms with Gasteiger partial charge in [0.25, 0.3) is 0 Å². The molecule has 94 valence electrons. The third-order valence-corrected chi connectivity index (χ3v) is 3.21. The lowest BCUT2D eigenvalue weighted by molar-refractivity contribution is 0.242. The molecule has 1 atom stereocenters. The summed E-state index contributed by atoms with van der Waals surface area (Å²) in [5.74, 6) is 1.84. The van der Waals surface area contributed by atoms with Gasteiger partial charge in [-0.15, -0.1) is 0 Å². The Morgan fingerprint density at radius 3 is 2.35 bits per heavy atom. The molecule has 2 heteroatoms. The van der Waals surface area contributed by atoms with Crippen molar-refractivity contribution in [3.8, 4) is 5.75 Å². The van der Waals surface area contributed by atoms with Crippen LogP contribution in [0.4, 0.5) is 5.69 Å². The highest BCUT2D eigenvalue weighted by Gasteiger charge is 2.29. The van der Waals surface area contributed by atoms with Crippen LogP contribution in [0.3, 0.4) is 0 Å². The van der Waals surface area contributed by atoms with Gasteiger partial charge in [-0.3, -0.25) is 0 Å². The molecule has 0 saturated heterocycles. The van der Waals surface area contributed by atoms with Crippen LogP contribution in [-0.4, -0.2) is 12.1 Å². The number of hydrogen-bond donors (Lipinski definition) is 1. The predicted molar refractivity (Wildman–Crippen MR) is 72.6 cm³/mol. The topological polar surface area (TPSA) is 21.3 Å². The lowest BCUT2D eigenvalue weighted by atomic mass is 10.1. The van der Waals surface area contributed by atoms with Gasteiger partial charge in [0.1, 0.15) is 5.75 Å². The van der Waals surface area contributed by atoms with Crippen LogP contribution >= 0.6 is 0 Å². The fourth-order valence-electron chi connectivity index (χ4n) is 2.17. The van der Waals surface area contributed by atoms with E-state index >= 15 is 0 Å². The normalized spacial score (nSPS) is 16.9. The summed E-state index contributed by atoms with van der Waals surface area (Å²) >= 11 is 0. The Morgan fingerprint density at radius 2 is 1.88 bits per heavy atom. The van der Waals surface area contributed by atoms with Gasteiger partial charge in [-0.1, -0.05) is 6.92 Å². The lowest BCUT2D eigenvalue weighted by Crippen LogP contribution is -2.20. The molecule has 0 aromatic heterocycles.